The lowest BCUT2D eigenvalue weighted by Gasteiger charge is -2.24. The summed E-state index contributed by atoms with van der Waals surface area (Å²) in [6.45, 7) is 13.8. The van der Waals surface area contributed by atoms with Gasteiger partial charge in [0.15, 0.2) is 0 Å². The number of aliphatic hydroxyl groups excluding tert-OH is 1. The van der Waals surface area contributed by atoms with Crippen LogP contribution in [-0.4, -0.2) is 109 Å². The highest BCUT2D eigenvalue weighted by Crippen LogP contribution is 2.19. The smallest absolute Gasteiger partial charge is 0.407 e. The van der Waals surface area contributed by atoms with E-state index in [2.05, 4.69) is 20.7 Å². The van der Waals surface area contributed by atoms with Crippen molar-refractivity contribution in [2.45, 2.75) is 103 Å². The van der Waals surface area contributed by atoms with Gasteiger partial charge in [0.2, 0.25) is 11.8 Å². The van der Waals surface area contributed by atoms with Crippen molar-refractivity contribution < 1.29 is 33.8 Å². The van der Waals surface area contributed by atoms with Gasteiger partial charge in [-0.15, -0.1) is 0 Å². The Morgan fingerprint density at radius 1 is 0.905 bits per heavy atom. The van der Waals surface area contributed by atoms with Crippen molar-refractivity contribution in [3.8, 4) is 0 Å². The number of nitrogens with zero attached hydrogens (tertiary/aromatic N) is 5. The van der Waals surface area contributed by atoms with Crippen LogP contribution in [0.15, 0.2) is 5.11 Å². The van der Waals surface area contributed by atoms with E-state index in [0.29, 0.717) is 65.0 Å². The molecule has 15 nitrogen and oxygen atoms in total. The summed E-state index contributed by atoms with van der Waals surface area (Å²) in [7, 11) is 1.00. The van der Waals surface area contributed by atoms with Gasteiger partial charge in [-0.1, -0.05) is 5.11 Å². The van der Waals surface area contributed by atoms with Crippen molar-refractivity contribution in [3.05, 3.63) is 10.4 Å². The lowest BCUT2D eigenvalue weighted by atomic mass is 10.2. The minimum Gasteiger partial charge on any atom is -0.444 e. The molecule has 0 spiro atoms. The standard InChI is InChI=1S/C13H23N5O3.C13H25N3O3.CH4O/c1-13(2,3)21-12(20)15-7-4-8-18-10(9-16-17-14)5-6-11(18)19;1-13(2,3)19-12(18)15-7-4-8-16-10(9-14)5-6-11(16)17;1-2/h10H,4-9H2,1-3H3,(H,15,20);10H,4-9,14H2,1-3H3,(H,15,18);2H,1H3/t2*10-;/m11./s1. The summed E-state index contributed by atoms with van der Waals surface area (Å²) in [4.78, 5) is 52.5. The second-order valence-electron chi connectivity index (χ2n) is 11.8. The number of aliphatic hydroxyl groups is 1. The van der Waals surface area contributed by atoms with Gasteiger partial charge in [0.25, 0.3) is 0 Å². The number of alkyl carbamates (subject to hydrolysis) is 2. The van der Waals surface area contributed by atoms with E-state index >= 15 is 0 Å². The van der Waals surface area contributed by atoms with Crippen LogP contribution in [0.4, 0.5) is 9.59 Å². The molecule has 0 saturated carbocycles. The Bertz CT molecular complexity index is 898. The SMILES string of the molecule is CC(C)(C)OC(=O)NCCCN1C(=O)CC[C@@H]1CN.CC(C)(C)OC(=O)NCCCN1C(=O)CC[C@@H]1CN=[N+]=[N-].CO. The summed E-state index contributed by atoms with van der Waals surface area (Å²) in [5.41, 5.74) is 13.0. The van der Waals surface area contributed by atoms with E-state index in [-0.39, 0.29) is 23.9 Å². The Hall–Kier alpha value is -3.29. The van der Waals surface area contributed by atoms with E-state index in [1.54, 1.807) is 25.7 Å². The molecular weight excluding hydrogens is 548 g/mol. The number of amides is 4. The van der Waals surface area contributed by atoms with Crippen LogP contribution in [0, 0.1) is 0 Å². The van der Waals surface area contributed by atoms with Gasteiger partial charge in [0.1, 0.15) is 11.2 Å². The zero-order valence-electron chi connectivity index (χ0n) is 26.4. The summed E-state index contributed by atoms with van der Waals surface area (Å²) in [6.07, 6.45) is 3.11. The summed E-state index contributed by atoms with van der Waals surface area (Å²) >= 11 is 0. The van der Waals surface area contributed by atoms with Crippen LogP contribution in [0.1, 0.15) is 80.1 Å². The van der Waals surface area contributed by atoms with Crippen LogP contribution in [0.2, 0.25) is 0 Å². The zero-order chi connectivity index (χ0) is 32.3. The van der Waals surface area contributed by atoms with Crippen LogP contribution in [0.3, 0.4) is 0 Å². The highest BCUT2D eigenvalue weighted by atomic mass is 16.6. The molecule has 2 atom stereocenters. The Kier molecular flexibility index (Phi) is 18.2. The lowest BCUT2D eigenvalue weighted by Crippen LogP contribution is -2.40. The topological polar surface area (TPSA) is 212 Å². The number of carbonyl (C=O) groups excluding carboxylic acids is 4. The molecule has 4 amide bonds. The molecule has 0 bridgehead atoms. The number of rotatable bonds is 11. The van der Waals surface area contributed by atoms with Crippen molar-refractivity contribution in [1.29, 1.82) is 0 Å². The van der Waals surface area contributed by atoms with Crippen molar-refractivity contribution in [3.63, 3.8) is 0 Å². The highest BCUT2D eigenvalue weighted by molar-refractivity contribution is 5.79. The molecule has 2 heterocycles. The molecule has 0 aromatic heterocycles. The molecule has 242 valence electrons. The number of azide groups is 1. The average molecular weight is 601 g/mol. The predicted octanol–water partition coefficient (Wildman–Crippen LogP) is 2.66. The molecule has 5 N–H and O–H groups in total. The first-order valence-electron chi connectivity index (χ1n) is 14.3. The summed E-state index contributed by atoms with van der Waals surface area (Å²) in [5.74, 6) is 0.234. The average Bonchev–Trinajstić information content (AvgIpc) is 3.43. The Morgan fingerprint density at radius 2 is 1.31 bits per heavy atom. The first-order chi connectivity index (χ1) is 19.7. The van der Waals surface area contributed by atoms with Gasteiger partial charge < -0.3 is 40.7 Å². The number of hydrogen-bond donors (Lipinski definition) is 4. The van der Waals surface area contributed by atoms with Crippen LogP contribution >= 0.6 is 0 Å². The molecule has 0 aromatic carbocycles. The number of ether oxygens (including phenoxy) is 2. The number of likely N-dealkylation sites (tertiary alicyclic amines) is 2. The van der Waals surface area contributed by atoms with Crippen molar-refractivity contribution in [1.82, 2.24) is 20.4 Å². The second kappa shape index (κ2) is 19.8. The minimum absolute atomic E-state index is 0.0186. The molecule has 2 saturated heterocycles. The molecule has 0 radical (unpaired) electrons. The molecule has 2 aliphatic heterocycles. The van der Waals surface area contributed by atoms with Crippen LogP contribution < -0.4 is 16.4 Å². The van der Waals surface area contributed by atoms with Gasteiger partial charge in [-0.05, 0) is 72.8 Å². The third kappa shape index (κ3) is 16.8. The molecule has 2 aliphatic rings. The van der Waals surface area contributed by atoms with Crippen molar-refractivity contribution in [2.24, 2.45) is 10.8 Å². The molecule has 42 heavy (non-hydrogen) atoms. The van der Waals surface area contributed by atoms with E-state index in [1.807, 2.05) is 25.7 Å². The van der Waals surface area contributed by atoms with Gasteiger partial charge in [0.05, 0.1) is 0 Å². The molecule has 0 aliphatic carbocycles. The van der Waals surface area contributed by atoms with Crippen molar-refractivity contribution in [2.75, 3.05) is 46.4 Å². The molecule has 0 unspecified atom stereocenters. The van der Waals surface area contributed by atoms with E-state index in [9.17, 15) is 19.2 Å². The maximum atomic E-state index is 11.7. The van der Waals surface area contributed by atoms with Gasteiger partial charge in [-0.2, -0.15) is 0 Å². The molecule has 0 aromatic rings. The third-order valence-corrected chi connectivity index (χ3v) is 6.02. The second-order valence-corrected chi connectivity index (χ2v) is 11.8. The number of carbonyl (C=O) groups is 4. The molecule has 2 fully saturated rings. The minimum atomic E-state index is -0.518. The molecular formula is C27H52N8O7. The first kappa shape index (κ1) is 38.7. The van der Waals surface area contributed by atoms with Gasteiger partial charge in [-0.3, -0.25) is 9.59 Å². The van der Waals surface area contributed by atoms with Crippen LogP contribution in [0.5, 0.6) is 0 Å². The van der Waals surface area contributed by atoms with Crippen LogP contribution in [0.25, 0.3) is 10.4 Å². The number of nitrogens with one attached hydrogen (secondary N) is 2. The highest BCUT2D eigenvalue weighted by Gasteiger charge is 2.30. The normalized spacial score (nSPS) is 18.2. The van der Waals surface area contributed by atoms with Crippen LogP contribution in [-0.2, 0) is 19.1 Å². The molecule has 15 heteroatoms. The summed E-state index contributed by atoms with van der Waals surface area (Å²) < 4.78 is 10.2. The Balaban J connectivity index is 0.000000759. The van der Waals surface area contributed by atoms with E-state index < -0.39 is 23.4 Å². The fourth-order valence-electron chi connectivity index (χ4n) is 4.27. The number of hydrogen-bond acceptors (Lipinski definition) is 9. The van der Waals surface area contributed by atoms with Gasteiger partial charge in [-0.25, -0.2) is 9.59 Å². The molecule has 2 rings (SSSR count). The van der Waals surface area contributed by atoms with E-state index in [4.69, 9.17) is 25.8 Å². The predicted molar refractivity (Wildman–Crippen MR) is 158 cm³/mol. The zero-order valence-corrected chi connectivity index (χ0v) is 26.4. The quantitative estimate of drug-likeness (QED) is 0.119. The maximum absolute atomic E-state index is 11.7. The fraction of sp³-hybridized carbons (Fsp3) is 0.852. The Labute approximate surface area is 249 Å². The third-order valence-electron chi connectivity index (χ3n) is 6.02. The van der Waals surface area contributed by atoms with E-state index in [0.717, 1.165) is 20.0 Å². The Morgan fingerprint density at radius 3 is 1.69 bits per heavy atom. The van der Waals surface area contributed by atoms with Gasteiger partial charge in [0, 0.05) is 76.2 Å². The maximum Gasteiger partial charge on any atom is 0.407 e. The summed E-state index contributed by atoms with van der Waals surface area (Å²) in [6, 6.07) is 0.143. The van der Waals surface area contributed by atoms with Gasteiger partial charge >= 0.3 is 12.2 Å². The van der Waals surface area contributed by atoms with E-state index in [1.165, 1.54) is 0 Å². The lowest BCUT2D eigenvalue weighted by molar-refractivity contribution is -0.129. The summed E-state index contributed by atoms with van der Waals surface area (Å²) in [5, 5.41) is 15.9. The largest absolute Gasteiger partial charge is 0.444 e. The first-order valence-corrected chi connectivity index (χ1v) is 14.3. The van der Waals surface area contributed by atoms with Crippen molar-refractivity contribution >= 4 is 24.0 Å². The number of nitrogens with two attached hydrogens (primary N) is 1. The fourth-order valence-corrected chi connectivity index (χ4v) is 4.27. The monoisotopic (exact) mass is 600 g/mol.